The quantitative estimate of drug-likeness (QED) is 0.343. The predicted octanol–water partition coefficient (Wildman–Crippen LogP) is 7.20. The molecule has 0 bridgehead atoms. The first-order valence-corrected chi connectivity index (χ1v) is 20.1. The number of carbonyl (C=O) groups excluding carboxylic acids is 2. The Morgan fingerprint density at radius 1 is 0.577 bits per heavy atom. The van der Waals surface area contributed by atoms with Gasteiger partial charge in [-0.15, -0.1) is 0 Å². The summed E-state index contributed by atoms with van der Waals surface area (Å²) in [5, 5.41) is 19.8. The third kappa shape index (κ3) is 7.38. The van der Waals surface area contributed by atoms with Gasteiger partial charge in [0.25, 0.3) is 0 Å². The number of halogens is 4. The largest absolute Gasteiger partial charge is 0.393 e. The minimum atomic E-state index is -0.413. The molecule has 52 heavy (non-hydrogen) atoms. The Kier molecular flexibility index (Phi) is 11.3. The van der Waals surface area contributed by atoms with Crippen molar-refractivity contribution in [2.45, 2.75) is 114 Å². The maximum atomic E-state index is 13.9. The lowest BCUT2D eigenvalue weighted by atomic mass is 9.78. The molecule has 4 saturated heterocycles. The number of hydrogen-bond donors (Lipinski definition) is 2. The van der Waals surface area contributed by atoms with E-state index < -0.39 is 11.6 Å². The summed E-state index contributed by atoms with van der Waals surface area (Å²) in [6, 6.07) is 10.3. The standard InChI is InChI=1S/2C20H26ClFN2O2/c2*21-18-16(22)3-1-4-17(18)23-11-2-9-20(13-23)10-12-24(19(20)26)14-5-7-15(25)8-6-14/h2*1,3-4,14-15,25H,2,5-13H2/t2*14?,15?,20-/m00/s1. The van der Waals surface area contributed by atoms with Crippen molar-refractivity contribution in [1.82, 2.24) is 9.80 Å². The van der Waals surface area contributed by atoms with E-state index in [1.54, 1.807) is 12.1 Å². The molecule has 6 aliphatic rings. The summed E-state index contributed by atoms with van der Waals surface area (Å²) in [5.74, 6) is -0.333. The van der Waals surface area contributed by atoms with Crippen molar-refractivity contribution in [2.24, 2.45) is 10.8 Å². The first-order chi connectivity index (χ1) is 25.0. The summed E-state index contributed by atoms with van der Waals surface area (Å²) in [6.07, 6.45) is 11.6. The third-order valence-electron chi connectivity index (χ3n) is 13.0. The SMILES string of the molecule is O=C1N(C2CCC(O)CC2)CC[C@]12CCCN(c1cccc(F)c1Cl)C2.O=C1N(C2CCC(O)CC2)CC[C@]12CCCN(c1cccc(F)c1Cl)C2. The Morgan fingerprint density at radius 2 is 0.962 bits per heavy atom. The van der Waals surface area contributed by atoms with Crippen molar-refractivity contribution in [3.63, 3.8) is 0 Å². The number of benzene rings is 2. The van der Waals surface area contributed by atoms with E-state index in [1.807, 2.05) is 12.1 Å². The van der Waals surface area contributed by atoms with Crippen LogP contribution < -0.4 is 9.80 Å². The minimum Gasteiger partial charge on any atom is -0.393 e. The van der Waals surface area contributed by atoms with Crippen LogP contribution in [0.15, 0.2) is 36.4 Å². The van der Waals surface area contributed by atoms with E-state index in [1.165, 1.54) is 12.1 Å². The molecule has 6 fully saturated rings. The summed E-state index contributed by atoms with van der Waals surface area (Å²) in [5.41, 5.74) is 0.643. The topological polar surface area (TPSA) is 87.6 Å². The molecule has 12 heteroatoms. The summed E-state index contributed by atoms with van der Waals surface area (Å²) >= 11 is 12.4. The molecule has 2 N–H and O–H groups in total. The van der Waals surface area contributed by atoms with Gasteiger partial charge in [-0.05, 0) is 114 Å². The molecular formula is C40H52Cl2F2N4O4. The van der Waals surface area contributed by atoms with Crippen LogP contribution in [-0.4, -0.2) is 95.4 Å². The maximum absolute atomic E-state index is 13.9. The second-order valence-electron chi connectivity index (χ2n) is 16.2. The number of carbonyl (C=O) groups is 2. The van der Waals surface area contributed by atoms with Gasteiger partial charge in [0.2, 0.25) is 11.8 Å². The summed E-state index contributed by atoms with van der Waals surface area (Å²) in [4.78, 5) is 34.9. The molecule has 2 spiro atoms. The fraction of sp³-hybridized carbons (Fsp3) is 0.650. The van der Waals surface area contributed by atoms with Crippen molar-refractivity contribution < 1.29 is 28.6 Å². The molecule has 284 valence electrons. The van der Waals surface area contributed by atoms with E-state index >= 15 is 0 Å². The smallest absolute Gasteiger partial charge is 0.230 e. The molecule has 0 unspecified atom stereocenters. The molecule has 2 aromatic carbocycles. The monoisotopic (exact) mass is 760 g/mol. The van der Waals surface area contributed by atoms with E-state index in [9.17, 15) is 28.6 Å². The van der Waals surface area contributed by atoms with Gasteiger partial charge in [-0.25, -0.2) is 8.78 Å². The molecule has 8 nitrogen and oxygen atoms in total. The highest BCUT2D eigenvalue weighted by Gasteiger charge is 2.52. The molecule has 2 aromatic rings. The lowest BCUT2D eigenvalue weighted by Gasteiger charge is -2.41. The van der Waals surface area contributed by atoms with Gasteiger partial charge in [-0.1, -0.05) is 35.3 Å². The maximum Gasteiger partial charge on any atom is 0.230 e. The highest BCUT2D eigenvalue weighted by atomic mass is 35.5. The van der Waals surface area contributed by atoms with Crippen LogP contribution in [0.2, 0.25) is 10.0 Å². The van der Waals surface area contributed by atoms with Crippen LogP contribution in [0.4, 0.5) is 20.2 Å². The minimum absolute atomic E-state index is 0.146. The molecular weight excluding hydrogens is 709 g/mol. The second kappa shape index (κ2) is 15.6. The van der Waals surface area contributed by atoms with Crippen LogP contribution in [0.5, 0.6) is 0 Å². The van der Waals surface area contributed by atoms with Gasteiger partial charge in [-0.3, -0.25) is 9.59 Å². The first kappa shape index (κ1) is 37.6. The highest BCUT2D eigenvalue weighted by Crippen LogP contribution is 2.46. The number of anilines is 2. The molecule has 4 heterocycles. The van der Waals surface area contributed by atoms with Crippen molar-refractivity contribution in [1.29, 1.82) is 0 Å². The number of nitrogens with zero attached hydrogens (tertiary/aromatic N) is 4. The summed E-state index contributed by atoms with van der Waals surface area (Å²) < 4.78 is 27.7. The van der Waals surface area contributed by atoms with Crippen molar-refractivity contribution in [3.8, 4) is 0 Å². The van der Waals surface area contributed by atoms with E-state index in [-0.39, 0.29) is 57.0 Å². The molecule has 2 aliphatic carbocycles. The normalized spacial score (nSPS) is 32.5. The zero-order valence-electron chi connectivity index (χ0n) is 29.9. The molecule has 0 aromatic heterocycles. The average molecular weight is 762 g/mol. The number of aliphatic hydroxyl groups is 2. The van der Waals surface area contributed by atoms with Crippen LogP contribution in [0.3, 0.4) is 0 Å². The molecule has 2 amide bonds. The Balaban J connectivity index is 0.000000162. The van der Waals surface area contributed by atoms with Gasteiger partial charge >= 0.3 is 0 Å². The second-order valence-corrected chi connectivity index (χ2v) is 16.9. The van der Waals surface area contributed by atoms with E-state index in [0.717, 1.165) is 116 Å². The molecule has 4 aliphatic heterocycles. The third-order valence-corrected chi connectivity index (χ3v) is 13.8. The lowest BCUT2D eigenvalue weighted by Crippen LogP contribution is -2.50. The molecule has 2 atom stereocenters. The summed E-state index contributed by atoms with van der Waals surface area (Å²) in [7, 11) is 0. The average Bonchev–Trinajstić information content (AvgIpc) is 3.62. The first-order valence-electron chi connectivity index (χ1n) is 19.4. The Bertz CT molecular complexity index is 1500. The number of likely N-dealkylation sites (tertiary alicyclic amines) is 2. The fourth-order valence-electron chi connectivity index (χ4n) is 10.0. The molecule has 0 radical (unpaired) electrons. The van der Waals surface area contributed by atoms with Gasteiger partial charge in [-0.2, -0.15) is 0 Å². The van der Waals surface area contributed by atoms with Gasteiger partial charge in [0, 0.05) is 51.4 Å². The lowest BCUT2D eigenvalue weighted by molar-refractivity contribution is -0.140. The predicted molar refractivity (Wildman–Crippen MR) is 200 cm³/mol. The number of aliphatic hydroxyl groups excluding tert-OH is 2. The fourth-order valence-corrected chi connectivity index (χ4v) is 10.5. The van der Waals surface area contributed by atoms with Crippen LogP contribution >= 0.6 is 23.2 Å². The van der Waals surface area contributed by atoms with Crippen LogP contribution in [0.25, 0.3) is 0 Å². The van der Waals surface area contributed by atoms with E-state index in [4.69, 9.17) is 23.2 Å². The zero-order chi connectivity index (χ0) is 36.6. The van der Waals surface area contributed by atoms with Crippen molar-refractivity contribution in [3.05, 3.63) is 58.1 Å². The summed E-state index contributed by atoms with van der Waals surface area (Å²) in [6.45, 7) is 4.41. The zero-order valence-corrected chi connectivity index (χ0v) is 31.4. The Morgan fingerprint density at radius 3 is 1.35 bits per heavy atom. The number of piperidine rings is 2. The van der Waals surface area contributed by atoms with E-state index in [0.29, 0.717) is 24.5 Å². The number of hydrogen-bond acceptors (Lipinski definition) is 6. The molecule has 8 rings (SSSR count). The van der Waals surface area contributed by atoms with Gasteiger partial charge in [0.15, 0.2) is 0 Å². The number of amides is 2. The number of rotatable bonds is 4. The Hall–Kier alpha value is -2.66. The highest BCUT2D eigenvalue weighted by molar-refractivity contribution is 6.33. The van der Waals surface area contributed by atoms with Crippen LogP contribution in [-0.2, 0) is 9.59 Å². The van der Waals surface area contributed by atoms with Gasteiger partial charge in [0.05, 0.1) is 44.5 Å². The van der Waals surface area contributed by atoms with Gasteiger partial charge in [0.1, 0.15) is 11.6 Å². The van der Waals surface area contributed by atoms with Crippen LogP contribution in [0, 0.1) is 22.5 Å². The van der Waals surface area contributed by atoms with Crippen molar-refractivity contribution in [2.75, 3.05) is 49.1 Å². The van der Waals surface area contributed by atoms with Crippen molar-refractivity contribution >= 4 is 46.4 Å². The van der Waals surface area contributed by atoms with Crippen LogP contribution in [0.1, 0.15) is 89.9 Å². The van der Waals surface area contributed by atoms with Gasteiger partial charge < -0.3 is 29.8 Å². The van der Waals surface area contributed by atoms with E-state index in [2.05, 4.69) is 19.6 Å². The Labute approximate surface area is 316 Å². The molecule has 2 saturated carbocycles.